The van der Waals surface area contributed by atoms with Crippen molar-refractivity contribution in [1.29, 1.82) is 0 Å². The molecule has 1 aliphatic carbocycles. The molecular weight excluding hydrogens is 426 g/mol. The molecule has 0 aromatic heterocycles. The number of esters is 1. The van der Waals surface area contributed by atoms with Crippen LogP contribution in [0.3, 0.4) is 0 Å². The fourth-order valence-electron chi connectivity index (χ4n) is 5.54. The second kappa shape index (κ2) is 8.71. The normalized spacial score (nSPS) is 22.4. The lowest BCUT2D eigenvalue weighted by Gasteiger charge is -2.37. The average molecular weight is 456 g/mol. The molecule has 0 bridgehead atoms. The zero-order valence-electron chi connectivity index (χ0n) is 19.8. The number of amides is 2. The fraction of sp³-hybridized carbons (Fsp3) is 0.345. The summed E-state index contributed by atoms with van der Waals surface area (Å²) in [6, 6.07) is 17.6. The number of carbonyl (C=O) groups is 3. The van der Waals surface area contributed by atoms with E-state index < -0.39 is 17.8 Å². The van der Waals surface area contributed by atoms with Crippen molar-refractivity contribution in [2.75, 3.05) is 4.90 Å². The van der Waals surface area contributed by atoms with Crippen molar-refractivity contribution in [3.05, 3.63) is 77.4 Å². The minimum absolute atomic E-state index is 0.175. The van der Waals surface area contributed by atoms with Gasteiger partial charge in [0, 0.05) is 16.5 Å². The number of hydrogen-bond acceptors (Lipinski definition) is 4. The Balaban J connectivity index is 1.52. The van der Waals surface area contributed by atoms with E-state index in [4.69, 9.17) is 4.74 Å². The van der Waals surface area contributed by atoms with Crippen molar-refractivity contribution < 1.29 is 19.1 Å². The topological polar surface area (TPSA) is 63.7 Å². The van der Waals surface area contributed by atoms with Gasteiger partial charge in [-0.2, -0.15) is 0 Å². The highest BCUT2D eigenvalue weighted by Crippen LogP contribution is 2.37. The van der Waals surface area contributed by atoms with E-state index in [-0.39, 0.29) is 17.4 Å². The van der Waals surface area contributed by atoms with Gasteiger partial charge in [-0.1, -0.05) is 63.6 Å². The van der Waals surface area contributed by atoms with Crippen LogP contribution in [0.2, 0.25) is 0 Å². The SMILES string of the molecule is CC(C)[C@@H]1CC[C@@H](C)C[C@H]1OC(=O)c1ccccc1N1C(=O)c2cccc3cccc(c23)C1=O. The van der Waals surface area contributed by atoms with Gasteiger partial charge < -0.3 is 4.74 Å². The van der Waals surface area contributed by atoms with Crippen LogP contribution >= 0.6 is 0 Å². The van der Waals surface area contributed by atoms with Crippen molar-refractivity contribution in [2.24, 2.45) is 17.8 Å². The molecule has 174 valence electrons. The molecule has 0 radical (unpaired) electrons. The Morgan fingerprint density at radius 1 is 0.912 bits per heavy atom. The van der Waals surface area contributed by atoms with Crippen LogP contribution in [-0.4, -0.2) is 23.9 Å². The Labute approximate surface area is 199 Å². The lowest BCUT2D eigenvalue weighted by molar-refractivity contribution is -0.0173. The first-order chi connectivity index (χ1) is 16.4. The van der Waals surface area contributed by atoms with Crippen molar-refractivity contribution in [2.45, 2.75) is 46.1 Å². The van der Waals surface area contributed by atoms with Crippen LogP contribution in [-0.2, 0) is 4.74 Å². The zero-order chi connectivity index (χ0) is 24.0. The molecule has 2 aliphatic rings. The van der Waals surface area contributed by atoms with Crippen molar-refractivity contribution in [1.82, 2.24) is 0 Å². The van der Waals surface area contributed by atoms with E-state index in [1.807, 2.05) is 24.3 Å². The summed E-state index contributed by atoms with van der Waals surface area (Å²) in [7, 11) is 0. The molecular formula is C29H29NO4. The number of benzene rings is 3. The number of rotatable bonds is 4. The van der Waals surface area contributed by atoms with Crippen LogP contribution in [0, 0.1) is 17.8 Å². The molecule has 3 aromatic rings. The maximum Gasteiger partial charge on any atom is 0.340 e. The van der Waals surface area contributed by atoms with Gasteiger partial charge in [-0.05, 0) is 60.2 Å². The van der Waals surface area contributed by atoms with Gasteiger partial charge in [0.05, 0.1) is 11.3 Å². The van der Waals surface area contributed by atoms with Gasteiger partial charge in [-0.3, -0.25) is 9.59 Å². The maximum atomic E-state index is 13.5. The van der Waals surface area contributed by atoms with Crippen molar-refractivity contribution in [3.8, 4) is 0 Å². The Hall–Kier alpha value is -3.47. The number of carbonyl (C=O) groups excluding carboxylic acids is 3. The predicted molar refractivity (Wildman–Crippen MR) is 132 cm³/mol. The van der Waals surface area contributed by atoms with E-state index in [0.717, 1.165) is 29.5 Å². The molecule has 5 rings (SSSR count). The molecule has 1 heterocycles. The van der Waals surface area contributed by atoms with Gasteiger partial charge in [0.1, 0.15) is 6.10 Å². The van der Waals surface area contributed by atoms with Crippen molar-refractivity contribution >= 4 is 34.2 Å². The van der Waals surface area contributed by atoms with Crippen molar-refractivity contribution in [3.63, 3.8) is 0 Å². The van der Waals surface area contributed by atoms with Crippen LogP contribution in [0.5, 0.6) is 0 Å². The Bertz CT molecular complexity index is 1240. The second-order valence-corrected chi connectivity index (χ2v) is 9.94. The molecule has 1 saturated carbocycles. The van der Waals surface area contributed by atoms with Gasteiger partial charge in [-0.25, -0.2) is 9.69 Å². The first-order valence-electron chi connectivity index (χ1n) is 12.1. The first-order valence-corrected chi connectivity index (χ1v) is 12.1. The van der Waals surface area contributed by atoms with Gasteiger partial charge in [0.25, 0.3) is 11.8 Å². The number of imide groups is 1. The van der Waals surface area contributed by atoms with Gasteiger partial charge in [0.15, 0.2) is 0 Å². The molecule has 5 nitrogen and oxygen atoms in total. The first kappa shape index (κ1) is 22.3. The number of anilines is 1. The molecule has 0 unspecified atom stereocenters. The van der Waals surface area contributed by atoms with Crippen LogP contribution in [0.1, 0.15) is 71.1 Å². The highest BCUT2D eigenvalue weighted by molar-refractivity contribution is 6.36. The molecule has 0 N–H and O–H groups in total. The van der Waals surface area contributed by atoms with Crippen LogP contribution in [0.15, 0.2) is 60.7 Å². The molecule has 1 fully saturated rings. The number of nitrogens with zero attached hydrogens (tertiary/aromatic N) is 1. The third kappa shape index (κ3) is 3.69. The van der Waals surface area contributed by atoms with E-state index in [9.17, 15) is 14.4 Å². The molecule has 0 spiro atoms. The van der Waals surface area contributed by atoms with Gasteiger partial charge in [-0.15, -0.1) is 0 Å². The number of para-hydroxylation sites is 1. The summed E-state index contributed by atoms with van der Waals surface area (Å²) in [6.07, 6.45) is 2.82. The smallest absolute Gasteiger partial charge is 0.340 e. The van der Waals surface area contributed by atoms with E-state index in [2.05, 4.69) is 20.8 Å². The summed E-state index contributed by atoms with van der Waals surface area (Å²) < 4.78 is 6.06. The highest BCUT2D eigenvalue weighted by Gasteiger charge is 2.38. The molecule has 2 amide bonds. The predicted octanol–water partition coefficient (Wildman–Crippen LogP) is 6.26. The largest absolute Gasteiger partial charge is 0.458 e. The Morgan fingerprint density at radius 2 is 1.56 bits per heavy atom. The summed E-state index contributed by atoms with van der Waals surface area (Å²) in [5, 5.41) is 1.50. The molecule has 0 saturated heterocycles. The van der Waals surface area contributed by atoms with E-state index in [1.54, 1.807) is 36.4 Å². The quantitative estimate of drug-likeness (QED) is 0.344. The summed E-state index contributed by atoms with van der Waals surface area (Å²) in [4.78, 5) is 41.6. The summed E-state index contributed by atoms with van der Waals surface area (Å²) in [5.41, 5.74) is 1.41. The van der Waals surface area contributed by atoms with E-state index >= 15 is 0 Å². The van der Waals surface area contributed by atoms with Gasteiger partial charge in [0.2, 0.25) is 0 Å². The average Bonchev–Trinajstić information content (AvgIpc) is 2.82. The molecule has 34 heavy (non-hydrogen) atoms. The fourth-order valence-corrected chi connectivity index (χ4v) is 5.54. The minimum atomic E-state index is -0.488. The number of ether oxygens (including phenoxy) is 1. The van der Waals surface area contributed by atoms with E-state index in [0.29, 0.717) is 34.3 Å². The molecule has 3 aromatic carbocycles. The Morgan fingerprint density at radius 3 is 2.21 bits per heavy atom. The second-order valence-electron chi connectivity index (χ2n) is 9.94. The molecule has 1 aliphatic heterocycles. The molecule has 5 heteroatoms. The maximum absolute atomic E-state index is 13.5. The van der Waals surface area contributed by atoms with Gasteiger partial charge >= 0.3 is 5.97 Å². The standard InChI is InChI=1S/C29H29NO4/c1-17(2)20-15-14-18(3)16-25(20)34-29(33)21-10-4-5-13-24(21)30-27(31)22-11-6-8-19-9-7-12-23(26(19)22)28(30)32/h4-13,17-18,20,25H,14-16H2,1-3H3/t18-,20+,25-/m1/s1. The lowest BCUT2D eigenvalue weighted by Crippen LogP contribution is -2.41. The van der Waals surface area contributed by atoms with E-state index in [1.165, 1.54) is 0 Å². The molecule has 3 atom stereocenters. The highest BCUT2D eigenvalue weighted by atomic mass is 16.5. The monoisotopic (exact) mass is 455 g/mol. The Kier molecular flexibility index (Phi) is 5.72. The lowest BCUT2D eigenvalue weighted by atomic mass is 9.75. The van der Waals surface area contributed by atoms with Crippen LogP contribution < -0.4 is 4.90 Å². The summed E-state index contributed by atoms with van der Waals surface area (Å²) in [5.74, 6) is -0.150. The number of hydrogen-bond donors (Lipinski definition) is 0. The summed E-state index contributed by atoms with van der Waals surface area (Å²) in [6.45, 7) is 6.52. The van der Waals surface area contributed by atoms with Crippen LogP contribution in [0.25, 0.3) is 10.8 Å². The minimum Gasteiger partial charge on any atom is -0.458 e. The third-order valence-corrected chi connectivity index (χ3v) is 7.36. The van der Waals surface area contributed by atoms with Crippen LogP contribution in [0.4, 0.5) is 5.69 Å². The summed E-state index contributed by atoms with van der Waals surface area (Å²) >= 11 is 0. The zero-order valence-corrected chi connectivity index (χ0v) is 19.8. The third-order valence-electron chi connectivity index (χ3n) is 7.36.